The first-order chi connectivity index (χ1) is 8.72. The molecule has 0 fully saturated rings. The lowest BCUT2D eigenvalue weighted by Crippen LogP contribution is -2.25. The molecule has 1 unspecified atom stereocenters. The third-order valence-corrected chi connectivity index (χ3v) is 3.45. The fourth-order valence-corrected chi connectivity index (χ4v) is 2.55. The number of hydrogen-bond donors (Lipinski definition) is 1. The van der Waals surface area contributed by atoms with Gasteiger partial charge in [-0.3, -0.25) is 0 Å². The maximum Gasteiger partial charge on any atom is 0.155 e. The van der Waals surface area contributed by atoms with E-state index in [1.54, 1.807) is 0 Å². The van der Waals surface area contributed by atoms with Gasteiger partial charge in [0.2, 0.25) is 0 Å². The molecule has 1 aromatic heterocycles. The third kappa shape index (κ3) is 2.26. The van der Waals surface area contributed by atoms with E-state index in [1.165, 1.54) is 0 Å². The van der Waals surface area contributed by atoms with Gasteiger partial charge in [0.15, 0.2) is 5.82 Å². The van der Waals surface area contributed by atoms with Crippen molar-refractivity contribution < 1.29 is 0 Å². The van der Waals surface area contributed by atoms with Crippen LogP contribution >= 0.6 is 11.6 Å². The van der Waals surface area contributed by atoms with Gasteiger partial charge in [0.1, 0.15) is 12.0 Å². The van der Waals surface area contributed by atoms with Crippen LogP contribution in [-0.2, 0) is 12.8 Å². The second-order valence-corrected chi connectivity index (χ2v) is 5.09. The maximum absolute atomic E-state index is 6.02. The van der Waals surface area contributed by atoms with E-state index in [0.717, 1.165) is 41.5 Å². The van der Waals surface area contributed by atoms with Crippen LogP contribution in [0.4, 0.5) is 0 Å². The van der Waals surface area contributed by atoms with Crippen molar-refractivity contribution in [2.75, 3.05) is 0 Å². The number of nitrogens with zero attached hydrogens (tertiary/aromatic N) is 3. The number of benzene rings is 1. The molecule has 1 aliphatic heterocycles. The van der Waals surface area contributed by atoms with Gasteiger partial charge in [0.05, 0.1) is 0 Å². The van der Waals surface area contributed by atoms with Crippen molar-refractivity contribution in [3.8, 4) is 0 Å². The molecule has 2 aromatic rings. The lowest BCUT2D eigenvalue weighted by atomic mass is 10.1. The van der Waals surface area contributed by atoms with Crippen LogP contribution in [0.5, 0.6) is 0 Å². The van der Waals surface area contributed by atoms with Crippen molar-refractivity contribution in [3.63, 3.8) is 0 Å². The van der Waals surface area contributed by atoms with Crippen LogP contribution < -0.4 is 5.73 Å². The van der Waals surface area contributed by atoms with Crippen molar-refractivity contribution in [2.24, 2.45) is 5.73 Å². The first-order valence-corrected chi connectivity index (χ1v) is 6.54. The molecule has 0 amide bonds. The molecule has 0 aliphatic carbocycles. The number of aryl methyl sites for hydroxylation is 1. The van der Waals surface area contributed by atoms with Gasteiger partial charge in [-0.1, -0.05) is 23.7 Å². The van der Waals surface area contributed by atoms with Gasteiger partial charge in [0, 0.05) is 17.9 Å². The number of fused-ring (bicyclic) bond motifs is 1. The van der Waals surface area contributed by atoms with Crippen LogP contribution in [0.15, 0.2) is 24.3 Å². The van der Waals surface area contributed by atoms with E-state index >= 15 is 0 Å². The molecule has 4 nitrogen and oxygen atoms in total. The van der Waals surface area contributed by atoms with E-state index in [-0.39, 0.29) is 6.17 Å². The predicted octanol–water partition coefficient (Wildman–Crippen LogP) is 2.32. The third-order valence-electron chi connectivity index (χ3n) is 3.21. The highest BCUT2D eigenvalue weighted by atomic mass is 35.5. The Morgan fingerprint density at radius 2 is 2.33 bits per heavy atom. The molecular formula is C13H15ClN4. The second kappa shape index (κ2) is 4.71. The summed E-state index contributed by atoms with van der Waals surface area (Å²) >= 11 is 5.97. The standard InChI is InChI=1S/C13H15ClN4/c14-10-4-1-3-9(7-10)8-12-16-13-6-2-5-11(15)18(13)17-12/h1,3-4,7,11H,2,5-6,8,15H2. The molecule has 2 heterocycles. The molecule has 0 saturated carbocycles. The summed E-state index contributed by atoms with van der Waals surface area (Å²) in [6.45, 7) is 0. The summed E-state index contributed by atoms with van der Waals surface area (Å²) in [5.41, 5.74) is 7.14. The van der Waals surface area contributed by atoms with Gasteiger partial charge in [-0.15, -0.1) is 0 Å². The SMILES string of the molecule is NC1CCCc2nc(Cc3cccc(Cl)c3)nn21. The number of aromatic nitrogens is 3. The number of hydrogen-bond acceptors (Lipinski definition) is 3. The summed E-state index contributed by atoms with van der Waals surface area (Å²) < 4.78 is 1.86. The van der Waals surface area contributed by atoms with Gasteiger partial charge in [0.25, 0.3) is 0 Å². The lowest BCUT2D eigenvalue weighted by Gasteiger charge is -2.18. The number of nitrogens with two attached hydrogens (primary N) is 1. The maximum atomic E-state index is 6.02. The van der Waals surface area contributed by atoms with Gasteiger partial charge in [-0.25, -0.2) is 9.67 Å². The second-order valence-electron chi connectivity index (χ2n) is 4.66. The Morgan fingerprint density at radius 1 is 1.44 bits per heavy atom. The van der Waals surface area contributed by atoms with Crippen molar-refractivity contribution in [3.05, 3.63) is 46.5 Å². The Balaban J connectivity index is 1.85. The van der Waals surface area contributed by atoms with Gasteiger partial charge < -0.3 is 5.73 Å². The van der Waals surface area contributed by atoms with Crippen LogP contribution in [0, 0.1) is 0 Å². The molecule has 94 valence electrons. The number of halogens is 1. The first-order valence-electron chi connectivity index (χ1n) is 6.17. The molecule has 0 bridgehead atoms. The summed E-state index contributed by atoms with van der Waals surface area (Å²) in [6, 6.07) is 7.79. The molecule has 0 saturated heterocycles. The minimum atomic E-state index is -0.0191. The molecule has 1 aliphatic rings. The zero-order valence-corrected chi connectivity index (χ0v) is 10.8. The molecule has 1 aromatic carbocycles. The molecule has 0 radical (unpaired) electrons. The van der Waals surface area contributed by atoms with Crippen LogP contribution in [0.25, 0.3) is 0 Å². The zero-order valence-electron chi connectivity index (χ0n) is 10.0. The molecule has 18 heavy (non-hydrogen) atoms. The summed E-state index contributed by atoms with van der Waals surface area (Å²) in [5.74, 6) is 1.83. The summed E-state index contributed by atoms with van der Waals surface area (Å²) in [5, 5.41) is 5.24. The van der Waals surface area contributed by atoms with E-state index in [9.17, 15) is 0 Å². The van der Waals surface area contributed by atoms with Gasteiger partial charge >= 0.3 is 0 Å². The zero-order chi connectivity index (χ0) is 12.5. The van der Waals surface area contributed by atoms with Crippen LogP contribution in [-0.4, -0.2) is 14.8 Å². The molecule has 2 N–H and O–H groups in total. The van der Waals surface area contributed by atoms with E-state index in [4.69, 9.17) is 17.3 Å². The van der Waals surface area contributed by atoms with E-state index in [2.05, 4.69) is 10.1 Å². The fraction of sp³-hybridized carbons (Fsp3) is 0.385. The fourth-order valence-electron chi connectivity index (χ4n) is 2.34. The normalized spacial score (nSPS) is 18.7. The average Bonchev–Trinajstić information content (AvgIpc) is 2.73. The highest BCUT2D eigenvalue weighted by Crippen LogP contribution is 2.20. The summed E-state index contributed by atoms with van der Waals surface area (Å²) in [4.78, 5) is 4.55. The molecule has 0 spiro atoms. The summed E-state index contributed by atoms with van der Waals surface area (Å²) in [6.07, 6.45) is 3.72. The highest BCUT2D eigenvalue weighted by molar-refractivity contribution is 6.30. The van der Waals surface area contributed by atoms with E-state index < -0.39 is 0 Å². The lowest BCUT2D eigenvalue weighted by molar-refractivity contribution is 0.371. The monoisotopic (exact) mass is 262 g/mol. The Kier molecular flexibility index (Phi) is 3.06. The Labute approximate surface area is 111 Å². The van der Waals surface area contributed by atoms with Crippen LogP contribution in [0.2, 0.25) is 5.02 Å². The molecule has 1 atom stereocenters. The average molecular weight is 263 g/mol. The smallest absolute Gasteiger partial charge is 0.155 e. The first kappa shape index (κ1) is 11.7. The van der Waals surface area contributed by atoms with Crippen molar-refractivity contribution >= 4 is 11.6 Å². The van der Waals surface area contributed by atoms with Gasteiger partial charge in [-0.05, 0) is 30.5 Å². The van der Waals surface area contributed by atoms with Crippen molar-refractivity contribution in [1.29, 1.82) is 0 Å². The van der Waals surface area contributed by atoms with E-state index in [0.29, 0.717) is 6.42 Å². The quantitative estimate of drug-likeness (QED) is 0.904. The van der Waals surface area contributed by atoms with Crippen LogP contribution in [0.1, 0.15) is 36.2 Å². The van der Waals surface area contributed by atoms with Crippen molar-refractivity contribution in [1.82, 2.24) is 14.8 Å². The van der Waals surface area contributed by atoms with Crippen LogP contribution in [0.3, 0.4) is 0 Å². The van der Waals surface area contributed by atoms with Gasteiger partial charge in [-0.2, -0.15) is 5.10 Å². The Hall–Kier alpha value is -1.39. The predicted molar refractivity (Wildman–Crippen MR) is 70.4 cm³/mol. The molecular weight excluding hydrogens is 248 g/mol. The minimum absolute atomic E-state index is 0.0191. The largest absolute Gasteiger partial charge is 0.310 e. The minimum Gasteiger partial charge on any atom is -0.310 e. The summed E-state index contributed by atoms with van der Waals surface area (Å²) in [7, 11) is 0. The topological polar surface area (TPSA) is 56.7 Å². The van der Waals surface area contributed by atoms with Crippen molar-refractivity contribution in [2.45, 2.75) is 31.8 Å². The number of rotatable bonds is 2. The Bertz CT molecular complexity index is 564. The Morgan fingerprint density at radius 3 is 3.11 bits per heavy atom. The molecule has 5 heteroatoms. The van der Waals surface area contributed by atoms with E-state index in [1.807, 2.05) is 28.9 Å². The highest BCUT2D eigenvalue weighted by Gasteiger charge is 2.19. The molecule has 3 rings (SSSR count).